The summed E-state index contributed by atoms with van der Waals surface area (Å²) >= 11 is 2.63. The molecular weight excluding hydrogens is 308 g/mol. The number of phenolic OH excluding ortho intramolecular Hbond substituents is 1. The second-order valence-corrected chi connectivity index (χ2v) is 5.98. The van der Waals surface area contributed by atoms with Crippen LogP contribution in [0, 0.1) is 0 Å². The molecule has 5 nitrogen and oxygen atoms in total. The Morgan fingerprint density at radius 3 is 2.76 bits per heavy atom. The fourth-order valence-electron chi connectivity index (χ4n) is 1.62. The molecule has 0 bridgehead atoms. The van der Waals surface area contributed by atoms with E-state index < -0.39 is 0 Å². The van der Waals surface area contributed by atoms with Crippen LogP contribution in [0.5, 0.6) is 5.75 Å². The van der Waals surface area contributed by atoms with Gasteiger partial charge in [0, 0.05) is 5.56 Å². The average molecular weight is 318 g/mol. The molecule has 0 unspecified atom stereocenters. The molecule has 3 aromatic rings. The van der Waals surface area contributed by atoms with Gasteiger partial charge in [-0.25, -0.2) is 0 Å². The predicted octanol–water partition coefficient (Wildman–Crippen LogP) is 3.48. The maximum atomic E-state index is 11.9. The average Bonchev–Trinajstić information content (AvgIpc) is 3.17. The fourth-order valence-corrected chi connectivity index (χ4v) is 3.03. The molecule has 0 aliphatic carbocycles. The van der Waals surface area contributed by atoms with Crippen LogP contribution in [0.3, 0.4) is 0 Å². The van der Waals surface area contributed by atoms with Crippen molar-refractivity contribution in [3.63, 3.8) is 0 Å². The Hall–Kier alpha value is -2.12. The van der Waals surface area contributed by atoms with Crippen molar-refractivity contribution in [2.75, 3.05) is 5.75 Å². The quantitative estimate of drug-likeness (QED) is 0.573. The lowest BCUT2D eigenvalue weighted by Crippen LogP contribution is -1.98. The summed E-state index contributed by atoms with van der Waals surface area (Å²) in [6.45, 7) is 0. The molecule has 0 atom stereocenters. The molecule has 0 saturated heterocycles. The Bertz CT molecular complexity index is 736. The number of aromatic nitrogens is 2. The normalized spacial score (nSPS) is 10.7. The first kappa shape index (κ1) is 13.8. The second kappa shape index (κ2) is 6.11. The van der Waals surface area contributed by atoms with E-state index in [4.69, 9.17) is 4.42 Å². The molecule has 106 valence electrons. The molecule has 21 heavy (non-hydrogen) atoms. The van der Waals surface area contributed by atoms with Crippen LogP contribution in [-0.2, 0) is 0 Å². The minimum Gasteiger partial charge on any atom is -0.508 e. The number of carbonyl (C=O) groups excluding carboxylic acids is 1. The van der Waals surface area contributed by atoms with Crippen LogP contribution < -0.4 is 0 Å². The van der Waals surface area contributed by atoms with Gasteiger partial charge in [-0.3, -0.25) is 4.79 Å². The number of hydrogen-bond acceptors (Lipinski definition) is 7. The van der Waals surface area contributed by atoms with Crippen LogP contribution in [-0.4, -0.2) is 26.8 Å². The number of Topliss-reactive ketones (excluding diaryl/α,β-unsaturated/α-hetero) is 1. The predicted molar refractivity (Wildman–Crippen MR) is 80.8 cm³/mol. The molecule has 0 spiro atoms. The highest BCUT2D eigenvalue weighted by atomic mass is 32.2. The highest BCUT2D eigenvalue weighted by molar-refractivity contribution is 7.99. The number of ketones is 1. The van der Waals surface area contributed by atoms with Gasteiger partial charge in [-0.05, 0) is 35.7 Å². The summed E-state index contributed by atoms with van der Waals surface area (Å²) in [5.41, 5.74) is 0.719. The topological polar surface area (TPSA) is 76.2 Å². The van der Waals surface area contributed by atoms with Gasteiger partial charge in [-0.15, -0.1) is 21.5 Å². The van der Waals surface area contributed by atoms with E-state index in [1.807, 2.05) is 11.4 Å². The van der Waals surface area contributed by atoms with Crippen LogP contribution >= 0.6 is 23.1 Å². The summed E-state index contributed by atoms with van der Waals surface area (Å²) in [5.74, 6) is 0.840. The molecule has 1 aromatic carbocycles. The van der Waals surface area contributed by atoms with E-state index in [9.17, 15) is 9.90 Å². The maximum absolute atomic E-state index is 11.9. The van der Waals surface area contributed by atoms with Crippen molar-refractivity contribution in [1.82, 2.24) is 10.2 Å². The Kier molecular flexibility index (Phi) is 4.03. The molecule has 0 aliphatic rings. The number of phenols is 1. The van der Waals surface area contributed by atoms with Crippen molar-refractivity contribution < 1.29 is 14.3 Å². The zero-order valence-corrected chi connectivity index (χ0v) is 12.4. The first-order valence-electron chi connectivity index (χ1n) is 6.05. The van der Waals surface area contributed by atoms with Gasteiger partial charge in [0.05, 0.1) is 10.6 Å². The molecule has 0 amide bonds. The van der Waals surface area contributed by atoms with E-state index in [1.54, 1.807) is 30.3 Å². The smallest absolute Gasteiger partial charge is 0.277 e. The Morgan fingerprint density at radius 1 is 1.24 bits per heavy atom. The summed E-state index contributed by atoms with van der Waals surface area (Å²) in [5, 5.41) is 19.3. The number of thioether (sulfide) groups is 1. The molecule has 7 heteroatoms. The van der Waals surface area contributed by atoms with E-state index in [0.29, 0.717) is 11.1 Å². The van der Waals surface area contributed by atoms with E-state index in [-0.39, 0.29) is 17.3 Å². The molecule has 1 N–H and O–H groups in total. The maximum Gasteiger partial charge on any atom is 0.277 e. The Labute approximate surface area is 128 Å². The van der Waals surface area contributed by atoms with Gasteiger partial charge >= 0.3 is 0 Å². The van der Waals surface area contributed by atoms with Gasteiger partial charge in [-0.1, -0.05) is 17.8 Å². The van der Waals surface area contributed by atoms with Crippen molar-refractivity contribution in [1.29, 1.82) is 0 Å². The van der Waals surface area contributed by atoms with Crippen molar-refractivity contribution >= 4 is 28.9 Å². The molecule has 0 fully saturated rings. The van der Waals surface area contributed by atoms with Crippen LogP contribution in [0.25, 0.3) is 11.5 Å². The van der Waals surface area contributed by atoms with E-state index in [2.05, 4.69) is 10.2 Å². The lowest BCUT2D eigenvalue weighted by molar-refractivity contribution is 0.102. The second-order valence-electron chi connectivity index (χ2n) is 4.11. The van der Waals surface area contributed by atoms with Gasteiger partial charge in [0.15, 0.2) is 5.78 Å². The molecule has 0 radical (unpaired) electrons. The summed E-state index contributed by atoms with van der Waals surface area (Å²) < 4.78 is 5.49. The molecular formula is C14H10N2O3S2. The van der Waals surface area contributed by atoms with Crippen molar-refractivity contribution in [2.24, 2.45) is 0 Å². The number of carbonyl (C=O) groups is 1. The molecule has 2 aromatic heterocycles. The van der Waals surface area contributed by atoms with E-state index in [1.165, 1.54) is 23.1 Å². The van der Waals surface area contributed by atoms with E-state index >= 15 is 0 Å². The first-order chi connectivity index (χ1) is 10.2. The number of nitrogens with zero attached hydrogens (tertiary/aromatic N) is 2. The number of rotatable bonds is 5. The number of aromatic hydroxyl groups is 1. The molecule has 2 heterocycles. The van der Waals surface area contributed by atoms with Crippen LogP contribution in [0.15, 0.2) is 51.4 Å². The van der Waals surface area contributed by atoms with E-state index in [0.717, 1.165) is 10.4 Å². The van der Waals surface area contributed by atoms with Crippen molar-refractivity contribution in [2.45, 2.75) is 5.22 Å². The lowest BCUT2D eigenvalue weighted by atomic mass is 10.2. The van der Waals surface area contributed by atoms with Crippen LogP contribution in [0.1, 0.15) is 9.67 Å². The van der Waals surface area contributed by atoms with Crippen molar-refractivity contribution in [3.8, 4) is 17.2 Å². The number of benzene rings is 1. The zero-order chi connectivity index (χ0) is 14.7. The minimum absolute atomic E-state index is 0.0411. The van der Waals surface area contributed by atoms with Crippen LogP contribution in [0.4, 0.5) is 0 Å². The number of hydrogen-bond donors (Lipinski definition) is 1. The van der Waals surface area contributed by atoms with Gasteiger partial charge in [-0.2, -0.15) is 0 Å². The van der Waals surface area contributed by atoms with Crippen molar-refractivity contribution in [3.05, 3.63) is 46.7 Å². The monoisotopic (exact) mass is 318 g/mol. The standard InChI is InChI=1S/C14H10N2O3S2/c17-10-5-3-9(4-6-10)13-15-16-14(19-13)21-8-11(18)12-2-1-7-20-12/h1-7,17H,8H2. The Morgan fingerprint density at radius 2 is 2.05 bits per heavy atom. The summed E-state index contributed by atoms with van der Waals surface area (Å²) in [7, 11) is 0. The van der Waals surface area contributed by atoms with Gasteiger partial charge in [0.2, 0.25) is 5.89 Å². The number of thiophene rings is 1. The highest BCUT2D eigenvalue weighted by Gasteiger charge is 2.12. The SMILES string of the molecule is O=C(CSc1nnc(-c2ccc(O)cc2)o1)c1cccs1. The molecule has 0 saturated carbocycles. The van der Waals surface area contributed by atoms with Gasteiger partial charge in [0.1, 0.15) is 5.75 Å². The first-order valence-corrected chi connectivity index (χ1v) is 7.91. The van der Waals surface area contributed by atoms with Gasteiger partial charge in [0.25, 0.3) is 5.22 Å². The zero-order valence-electron chi connectivity index (χ0n) is 10.7. The highest BCUT2D eigenvalue weighted by Crippen LogP contribution is 2.25. The third kappa shape index (κ3) is 3.32. The lowest BCUT2D eigenvalue weighted by Gasteiger charge is -1.95. The van der Waals surface area contributed by atoms with Gasteiger partial charge < -0.3 is 9.52 Å². The summed E-state index contributed by atoms with van der Waals surface area (Å²) in [4.78, 5) is 12.6. The molecule has 3 rings (SSSR count). The fraction of sp³-hybridized carbons (Fsp3) is 0.0714. The minimum atomic E-state index is 0.0411. The molecule has 0 aliphatic heterocycles. The van der Waals surface area contributed by atoms with Crippen LogP contribution in [0.2, 0.25) is 0 Å². The Balaban J connectivity index is 1.65. The third-order valence-corrected chi connectivity index (χ3v) is 4.37. The third-order valence-electron chi connectivity index (χ3n) is 2.64. The summed E-state index contributed by atoms with van der Waals surface area (Å²) in [6.07, 6.45) is 0. The summed E-state index contributed by atoms with van der Waals surface area (Å²) in [6, 6.07) is 10.1. The largest absolute Gasteiger partial charge is 0.508 e.